The van der Waals surface area contributed by atoms with Crippen molar-refractivity contribution in [1.82, 2.24) is 0 Å². The Labute approximate surface area is 228 Å². The summed E-state index contributed by atoms with van der Waals surface area (Å²) >= 11 is 0. The lowest BCUT2D eigenvalue weighted by Gasteiger charge is -2.42. The van der Waals surface area contributed by atoms with Gasteiger partial charge in [-0.2, -0.15) is 0 Å². The zero-order chi connectivity index (χ0) is 28.9. The second kappa shape index (κ2) is 10.6. The molecule has 3 fully saturated rings. The first-order valence-electron chi connectivity index (χ1n) is 13.2. The van der Waals surface area contributed by atoms with Crippen molar-refractivity contribution in [2.75, 3.05) is 0 Å². The van der Waals surface area contributed by atoms with Gasteiger partial charge in [-0.15, -0.1) is 0 Å². The summed E-state index contributed by atoms with van der Waals surface area (Å²) in [5.74, 6) is -3.08. The highest BCUT2D eigenvalue weighted by Gasteiger charge is 2.61. The normalized spacial score (nSPS) is 36.0. The summed E-state index contributed by atoms with van der Waals surface area (Å²) in [6.07, 6.45) is -1.45. The average Bonchev–Trinajstić information content (AvgIpc) is 3.69. The van der Waals surface area contributed by atoms with Gasteiger partial charge in [-0.25, -0.2) is 0 Å². The van der Waals surface area contributed by atoms with E-state index in [4.69, 9.17) is 33.2 Å². The summed E-state index contributed by atoms with van der Waals surface area (Å²) < 4.78 is 40.5. The lowest BCUT2D eigenvalue weighted by molar-refractivity contribution is -0.184. The number of rotatable bonds is 7. The summed E-state index contributed by atoms with van der Waals surface area (Å²) in [6.45, 7) is 15.0. The van der Waals surface area contributed by atoms with E-state index in [0.29, 0.717) is 30.4 Å². The van der Waals surface area contributed by atoms with Gasteiger partial charge in [-0.3, -0.25) is 19.2 Å². The van der Waals surface area contributed by atoms with E-state index < -0.39 is 71.5 Å². The Bertz CT molecular complexity index is 1080. The van der Waals surface area contributed by atoms with Gasteiger partial charge in [-0.1, -0.05) is 12.2 Å². The average molecular weight is 551 g/mol. The van der Waals surface area contributed by atoms with E-state index in [9.17, 15) is 19.2 Å². The topological polar surface area (TPSA) is 139 Å². The Morgan fingerprint density at radius 2 is 1.64 bits per heavy atom. The molecule has 1 saturated carbocycles. The van der Waals surface area contributed by atoms with E-state index in [1.165, 1.54) is 34.0 Å². The molecule has 3 heterocycles. The number of hydrogen-bond acceptors (Lipinski definition) is 11. The second-order valence-corrected chi connectivity index (χ2v) is 11.5. The van der Waals surface area contributed by atoms with Crippen LogP contribution in [0, 0.1) is 11.8 Å². The van der Waals surface area contributed by atoms with Crippen molar-refractivity contribution >= 4 is 23.9 Å². The molecule has 0 bridgehead atoms. The number of hydrogen-bond donors (Lipinski definition) is 0. The molecule has 0 N–H and O–H groups in total. The lowest BCUT2D eigenvalue weighted by atomic mass is 9.73. The van der Waals surface area contributed by atoms with Crippen LogP contribution in [0.1, 0.15) is 67.7 Å². The molecule has 9 atom stereocenters. The Hall–Kier alpha value is -2.92. The van der Waals surface area contributed by atoms with Crippen LogP contribution >= 0.6 is 0 Å². The van der Waals surface area contributed by atoms with E-state index in [0.717, 1.165) is 0 Å². The van der Waals surface area contributed by atoms with Gasteiger partial charge in [0.15, 0.2) is 12.2 Å². The molecule has 39 heavy (non-hydrogen) atoms. The van der Waals surface area contributed by atoms with Gasteiger partial charge in [0.05, 0.1) is 23.9 Å². The van der Waals surface area contributed by atoms with Crippen LogP contribution in [-0.4, -0.2) is 71.9 Å². The molecule has 4 rings (SSSR count). The molecule has 11 heteroatoms. The largest absolute Gasteiger partial charge is 0.462 e. The highest BCUT2D eigenvalue weighted by Crippen LogP contribution is 2.51. The number of ether oxygens (including phenoxy) is 7. The number of fused-ring (bicyclic) bond motifs is 2. The Balaban J connectivity index is 1.77. The number of epoxide rings is 2. The Morgan fingerprint density at radius 3 is 2.18 bits per heavy atom. The molecule has 3 aliphatic heterocycles. The third-order valence-corrected chi connectivity index (χ3v) is 7.80. The van der Waals surface area contributed by atoms with Crippen LogP contribution in [0.2, 0.25) is 0 Å². The smallest absolute Gasteiger partial charge is 0.305 e. The van der Waals surface area contributed by atoms with Crippen LogP contribution in [0.4, 0.5) is 0 Å². The van der Waals surface area contributed by atoms with E-state index in [-0.39, 0.29) is 12.2 Å². The number of esters is 4. The zero-order valence-corrected chi connectivity index (χ0v) is 23.5. The second-order valence-electron chi connectivity index (χ2n) is 11.5. The van der Waals surface area contributed by atoms with Crippen LogP contribution in [0.3, 0.4) is 0 Å². The molecular weight excluding hydrogens is 512 g/mol. The van der Waals surface area contributed by atoms with Crippen molar-refractivity contribution in [3.8, 4) is 0 Å². The highest BCUT2D eigenvalue weighted by atomic mass is 16.7. The molecule has 216 valence electrons. The number of carbonyl (C=O) groups excluding carboxylic acids is 4. The first-order valence-corrected chi connectivity index (χ1v) is 13.2. The summed E-state index contributed by atoms with van der Waals surface area (Å²) in [4.78, 5) is 48.5. The molecule has 1 aliphatic carbocycles. The fourth-order valence-corrected chi connectivity index (χ4v) is 6.07. The minimum absolute atomic E-state index is 0.230. The standard InChI is InChI=1S/C28H38O11/c1-13-11-20-24(37-20)28(8,38-17(5)32)10-9-18-19(12-33-26(21(13)18)36-16(4)31)22(34-14(2)29)23(35-15(3)30)25-27(6,7)39-25/h12,18,20-26H,1,9-11H2,2-8H3/t18-,20-,21+,22-,23-,24-,25-,26-,28+/m1/s1. The van der Waals surface area contributed by atoms with Crippen molar-refractivity contribution in [3.63, 3.8) is 0 Å². The van der Waals surface area contributed by atoms with E-state index in [1.807, 2.05) is 20.8 Å². The van der Waals surface area contributed by atoms with Crippen LogP contribution in [0.15, 0.2) is 24.0 Å². The molecule has 0 radical (unpaired) electrons. The number of carbonyl (C=O) groups is 4. The molecule has 0 aromatic rings. The quantitative estimate of drug-likeness (QED) is 0.200. The summed E-state index contributed by atoms with van der Waals surface area (Å²) in [5, 5.41) is 0. The predicted octanol–water partition coefficient (Wildman–Crippen LogP) is 2.89. The lowest BCUT2D eigenvalue weighted by Crippen LogP contribution is -2.48. The maximum absolute atomic E-state index is 12.3. The fraction of sp³-hybridized carbons (Fsp3) is 0.714. The maximum Gasteiger partial charge on any atom is 0.305 e. The van der Waals surface area contributed by atoms with Gasteiger partial charge in [-0.05, 0) is 40.0 Å². The molecule has 0 aromatic heterocycles. The van der Waals surface area contributed by atoms with Crippen molar-refractivity contribution < 1.29 is 52.3 Å². The van der Waals surface area contributed by atoms with Gasteiger partial charge in [0.1, 0.15) is 17.8 Å². The molecule has 4 aliphatic rings. The van der Waals surface area contributed by atoms with Gasteiger partial charge >= 0.3 is 23.9 Å². The Kier molecular flexibility index (Phi) is 7.88. The van der Waals surface area contributed by atoms with Gasteiger partial charge in [0.2, 0.25) is 6.29 Å². The van der Waals surface area contributed by atoms with Crippen molar-refractivity contribution in [1.29, 1.82) is 0 Å². The van der Waals surface area contributed by atoms with E-state index in [1.54, 1.807) is 0 Å². The SMILES string of the molecule is C=C1C[C@H]2O[C@H]2[C@@](C)(OC(C)=O)CC[C@@H]2C([C@@H](OC(C)=O)[C@@H](OC(C)=O)[C@H]3OC3(C)C)=CO[C@H](OC(C)=O)[C@@H]12. The van der Waals surface area contributed by atoms with Crippen LogP contribution in [-0.2, 0) is 52.3 Å². The molecule has 11 nitrogen and oxygen atoms in total. The van der Waals surface area contributed by atoms with Crippen molar-refractivity contribution in [3.05, 3.63) is 24.0 Å². The third-order valence-electron chi connectivity index (χ3n) is 7.80. The molecule has 2 saturated heterocycles. The van der Waals surface area contributed by atoms with Crippen molar-refractivity contribution in [2.45, 2.75) is 116 Å². The minimum Gasteiger partial charge on any atom is -0.462 e. The summed E-state index contributed by atoms with van der Waals surface area (Å²) in [7, 11) is 0. The Morgan fingerprint density at radius 1 is 1.00 bits per heavy atom. The maximum atomic E-state index is 12.3. The van der Waals surface area contributed by atoms with Crippen LogP contribution in [0.5, 0.6) is 0 Å². The molecule has 0 unspecified atom stereocenters. The predicted molar refractivity (Wildman–Crippen MR) is 134 cm³/mol. The molecule has 0 aromatic carbocycles. The van der Waals surface area contributed by atoms with Crippen LogP contribution < -0.4 is 0 Å². The van der Waals surface area contributed by atoms with E-state index in [2.05, 4.69) is 6.58 Å². The summed E-state index contributed by atoms with van der Waals surface area (Å²) in [5.41, 5.74) is -0.285. The first kappa shape index (κ1) is 29.1. The van der Waals surface area contributed by atoms with Gasteiger partial charge in [0, 0.05) is 39.2 Å². The van der Waals surface area contributed by atoms with Gasteiger partial charge < -0.3 is 33.2 Å². The summed E-state index contributed by atoms with van der Waals surface area (Å²) in [6, 6.07) is 0. The van der Waals surface area contributed by atoms with Gasteiger partial charge in [0.25, 0.3) is 0 Å². The third kappa shape index (κ3) is 6.30. The molecular formula is C28H38O11. The minimum atomic E-state index is -1.05. The molecule has 0 spiro atoms. The van der Waals surface area contributed by atoms with Crippen LogP contribution in [0.25, 0.3) is 0 Å². The van der Waals surface area contributed by atoms with Crippen molar-refractivity contribution in [2.24, 2.45) is 11.8 Å². The van der Waals surface area contributed by atoms with E-state index >= 15 is 0 Å². The highest BCUT2D eigenvalue weighted by molar-refractivity contribution is 5.68. The monoisotopic (exact) mass is 550 g/mol. The molecule has 0 amide bonds. The first-order chi connectivity index (χ1) is 18.1. The fourth-order valence-electron chi connectivity index (χ4n) is 6.07. The zero-order valence-electron chi connectivity index (χ0n) is 23.5.